The lowest BCUT2D eigenvalue weighted by atomic mass is 9.95. The van der Waals surface area contributed by atoms with E-state index in [0.29, 0.717) is 12.1 Å². The molecule has 2 rings (SSSR count). The number of amides is 1. The lowest BCUT2D eigenvalue weighted by Crippen LogP contribution is -2.42. The second-order valence-corrected chi connectivity index (χ2v) is 6.46. The molecule has 142 valence electrons. The summed E-state index contributed by atoms with van der Waals surface area (Å²) in [6.07, 6.45) is -2.31. The predicted molar refractivity (Wildman–Crippen MR) is 95.0 cm³/mol. The van der Waals surface area contributed by atoms with E-state index >= 15 is 0 Å². The first-order valence-corrected chi connectivity index (χ1v) is 8.50. The highest BCUT2D eigenvalue weighted by Gasteiger charge is 2.31. The van der Waals surface area contributed by atoms with E-state index in [4.69, 9.17) is 0 Å². The molecule has 1 heterocycles. The molecule has 1 fully saturated rings. The van der Waals surface area contributed by atoms with Crippen molar-refractivity contribution in [2.75, 3.05) is 19.6 Å². The van der Waals surface area contributed by atoms with Crippen molar-refractivity contribution in [2.24, 2.45) is 0 Å². The fraction of sp³-hybridized carbons (Fsp3) is 0.611. The van der Waals surface area contributed by atoms with Crippen LogP contribution < -0.4 is 5.32 Å². The van der Waals surface area contributed by atoms with Crippen LogP contribution in [0, 0.1) is 0 Å². The number of nitrogens with one attached hydrogen (secondary N) is 1. The van der Waals surface area contributed by atoms with Crippen LogP contribution in [0.15, 0.2) is 24.3 Å². The number of halogens is 4. The summed E-state index contributed by atoms with van der Waals surface area (Å²) in [4.78, 5) is 14.6. The van der Waals surface area contributed by atoms with Gasteiger partial charge in [-0.15, -0.1) is 12.4 Å². The Bertz CT molecular complexity index is 559. The summed E-state index contributed by atoms with van der Waals surface area (Å²) in [6, 6.07) is 5.48. The number of alkyl halides is 3. The Kier molecular flexibility index (Phi) is 8.22. The SMILES string of the molecule is CCCN(C(=O)CC(C)c1cccc(C(F)(F)F)c1)C1CCNC1.Cl. The van der Waals surface area contributed by atoms with Crippen LogP contribution in [0.25, 0.3) is 0 Å². The largest absolute Gasteiger partial charge is 0.416 e. The molecule has 1 saturated heterocycles. The summed E-state index contributed by atoms with van der Waals surface area (Å²) >= 11 is 0. The average molecular weight is 379 g/mol. The standard InChI is InChI=1S/C18H25F3N2O.ClH/c1-3-9-23(16-7-8-22-12-16)17(24)10-13(2)14-5-4-6-15(11-14)18(19,20)21;/h4-6,11,13,16,22H,3,7-10,12H2,1-2H3;1H. The number of nitrogens with zero attached hydrogens (tertiary/aromatic N) is 1. The molecule has 0 aromatic heterocycles. The van der Waals surface area contributed by atoms with E-state index in [9.17, 15) is 18.0 Å². The van der Waals surface area contributed by atoms with Gasteiger partial charge in [-0.3, -0.25) is 4.79 Å². The van der Waals surface area contributed by atoms with E-state index in [1.165, 1.54) is 6.07 Å². The first kappa shape index (κ1) is 21.8. The summed E-state index contributed by atoms with van der Waals surface area (Å²) in [5.74, 6) is -0.219. The number of hydrogen-bond donors (Lipinski definition) is 1. The maximum absolute atomic E-state index is 12.8. The van der Waals surface area contributed by atoms with E-state index in [1.807, 2.05) is 18.7 Å². The van der Waals surface area contributed by atoms with Gasteiger partial charge in [0, 0.05) is 25.6 Å². The van der Waals surface area contributed by atoms with Crippen LogP contribution in [0.4, 0.5) is 13.2 Å². The number of benzene rings is 1. The van der Waals surface area contributed by atoms with Crippen LogP contribution in [-0.4, -0.2) is 36.5 Å². The second kappa shape index (κ2) is 9.43. The number of hydrogen-bond acceptors (Lipinski definition) is 2. The van der Waals surface area contributed by atoms with Gasteiger partial charge in [-0.05, 0) is 36.9 Å². The lowest BCUT2D eigenvalue weighted by molar-refractivity contribution is -0.137. The van der Waals surface area contributed by atoms with E-state index in [-0.39, 0.29) is 36.7 Å². The fourth-order valence-electron chi connectivity index (χ4n) is 3.18. The van der Waals surface area contributed by atoms with Gasteiger partial charge in [-0.2, -0.15) is 13.2 Å². The molecular weight excluding hydrogens is 353 g/mol. The minimum atomic E-state index is -4.36. The van der Waals surface area contributed by atoms with E-state index in [0.717, 1.165) is 38.1 Å². The Balaban J connectivity index is 0.00000312. The van der Waals surface area contributed by atoms with Gasteiger partial charge in [0.1, 0.15) is 0 Å². The van der Waals surface area contributed by atoms with Crippen molar-refractivity contribution in [3.8, 4) is 0 Å². The molecular formula is C18H26ClF3N2O. The molecule has 0 radical (unpaired) electrons. The minimum Gasteiger partial charge on any atom is -0.338 e. The van der Waals surface area contributed by atoms with Crippen LogP contribution in [0.1, 0.15) is 50.2 Å². The molecule has 2 atom stereocenters. The number of carbonyl (C=O) groups is 1. The van der Waals surface area contributed by atoms with E-state index in [1.54, 1.807) is 6.07 Å². The number of rotatable bonds is 6. The monoisotopic (exact) mass is 378 g/mol. The van der Waals surface area contributed by atoms with E-state index < -0.39 is 11.7 Å². The summed E-state index contributed by atoms with van der Waals surface area (Å²) in [6.45, 7) is 6.23. The van der Waals surface area contributed by atoms with Gasteiger partial charge in [0.05, 0.1) is 5.56 Å². The zero-order valence-corrected chi connectivity index (χ0v) is 15.4. The predicted octanol–water partition coefficient (Wildman–Crippen LogP) is 4.22. The van der Waals surface area contributed by atoms with Crippen molar-refractivity contribution in [1.82, 2.24) is 10.2 Å². The first-order valence-electron chi connectivity index (χ1n) is 8.50. The van der Waals surface area contributed by atoms with Crippen LogP contribution in [0.5, 0.6) is 0 Å². The lowest BCUT2D eigenvalue weighted by Gasteiger charge is -2.29. The van der Waals surface area contributed by atoms with Crippen LogP contribution in [0.2, 0.25) is 0 Å². The molecule has 3 nitrogen and oxygen atoms in total. The molecule has 1 aliphatic rings. The molecule has 1 aromatic rings. The van der Waals surface area contributed by atoms with E-state index in [2.05, 4.69) is 5.32 Å². The Hall–Kier alpha value is -1.27. The highest BCUT2D eigenvalue weighted by Crippen LogP contribution is 2.32. The average Bonchev–Trinajstić information content (AvgIpc) is 3.05. The summed E-state index contributed by atoms with van der Waals surface area (Å²) < 4.78 is 38.5. The van der Waals surface area contributed by atoms with Gasteiger partial charge in [0.2, 0.25) is 5.91 Å². The Labute approximate surface area is 153 Å². The van der Waals surface area contributed by atoms with Gasteiger partial charge in [-0.1, -0.05) is 32.0 Å². The molecule has 1 aliphatic heterocycles. The van der Waals surface area contributed by atoms with Gasteiger partial charge in [0.15, 0.2) is 0 Å². The van der Waals surface area contributed by atoms with Gasteiger partial charge in [-0.25, -0.2) is 0 Å². The van der Waals surface area contributed by atoms with Crippen LogP contribution in [0.3, 0.4) is 0 Å². The van der Waals surface area contributed by atoms with Crippen LogP contribution in [-0.2, 0) is 11.0 Å². The Morgan fingerprint density at radius 2 is 2.12 bits per heavy atom. The van der Waals surface area contributed by atoms with Crippen LogP contribution >= 0.6 is 12.4 Å². The molecule has 0 bridgehead atoms. The topological polar surface area (TPSA) is 32.3 Å². The molecule has 2 unspecified atom stereocenters. The normalized spacial score (nSPS) is 18.5. The van der Waals surface area contributed by atoms with Crippen molar-refractivity contribution in [3.63, 3.8) is 0 Å². The third-order valence-corrected chi connectivity index (χ3v) is 4.52. The maximum atomic E-state index is 12.8. The molecule has 7 heteroatoms. The highest BCUT2D eigenvalue weighted by molar-refractivity contribution is 5.85. The summed E-state index contributed by atoms with van der Waals surface area (Å²) in [5.41, 5.74) is -0.108. The maximum Gasteiger partial charge on any atom is 0.416 e. The van der Waals surface area contributed by atoms with Crippen molar-refractivity contribution >= 4 is 18.3 Å². The van der Waals surface area contributed by atoms with Crippen molar-refractivity contribution in [3.05, 3.63) is 35.4 Å². The zero-order chi connectivity index (χ0) is 17.7. The molecule has 1 N–H and O–H groups in total. The van der Waals surface area contributed by atoms with Crippen molar-refractivity contribution < 1.29 is 18.0 Å². The smallest absolute Gasteiger partial charge is 0.338 e. The molecule has 0 aliphatic carbocycles. The molecule has 1 aromatic carbocycles. The molecule has 0 saturated carbocycles. The first-order chi connectivity index (χ1) is 11.3. The molecule has 0 spiro atoms. The second-order valence-electron chi connectivity index (χ2n) is 6.46. The van der Waals surface area contributed by atoms with Gasteiger partial charge >= 0.3 is 6.18 Å². The quantitative estimate of drug-likeness (QED) is 0.803. The summed E-state index contributed by atoms with van der Waals surface area (Å²) in [7, 11) is 0. The van der Waals surface area contributed by atoms with Crippen molar-refractivity contribution in [1.29, 1.82) is 0 Å². The molecule has 1 amide bonds. The molecule has 25 heavy (non-hydrogen) atoms. The Morgan fingerprint density at radius 1 is 1.40 bits per heavy atom. The summed E-state index contributed by atoms with van der Waals surface area (Å²) in [5, 5.41) is 3.26. The highest BCUT2D eigenvalue weighted by atomic mass is 35.5. The third kappa shape index (κ3) is 5.89. The van der Waals surface area contributed by atoms with Crippen molar-refractivity contribution in [2.45, 2.75) is 51.2 Å². The zero-order valence-electron chi connectivity index (χ0n) is 14.6. The Morgan fingerprint density at radius 3 is 2.68 bits per heavy atom. The third-order valence-electron chi connectivity index (χ3n) is 4.52. The number of carbonyl (C=O) groups excluding carboxylic acids is 1. The van der Waals surface area contributed by atoms with Gasteiger partial charge < -0.3 is 10.2 Å². The van der Waals surface area contributed by atoms with Gasteiger partial charge in [0.25, 0.3) is 0 Å². The minimum absolute atomic E-state index is 0. The fourth-order valence-corrected chi connectivity index (χ4v) is 3.18.